The lowest BCUT2D eigenvalue weighted by molar-refractivity contribution is -0.143. The molecule has 17 heavy (non-hydrogen) atoms. The first-order chi connectivity index (χ1) is 8.12. The third kappa shape index (κ3) is 17.7. The second-order valence-corrected chi connectivity index (χ2v) is 3.90. The number of ether oxygens (including phenoxy) is 1. The van der Waals surface area contributed by atoms with Gasteiger partial charge in [-0.1, -0.05) is 33.6 Å². The third-order valence-electron chi connectivity index (χ3n) is 2.21. The second-order valence-electron chi connectivity index (χ2n) is 3.90. The lowest BCUT2D eigenvalue weighted by Crippen LogP contribution is -2.01. The maximum absolute atomic E-state index is 10.7. The van der Waals surface area contributed by atoms with E-state index >= 15 is 0 Å². The molecule has 3 nitrogen and oxygen atoms in total. The number of carbonyl (C=O) groups is 2. The van der Waals surface area contributed by atoms with Crippen molar-refractivity contribution in [3.05, 3.63) is 0 Å². The molecule has 0 unspecified atom stereocenters. The molecule has 0 spiro atoms. The topological polar surface area (TPSA) is 43.4 Å². The zero-order valence-electron chi connectivity index (χ0n) is 11.9. The van der Waals surface area contributed by atoms with Crippen molar-refractivity contribution in [2.75, 3.05) is 6.61 Å². The highest BCUT2D eigenvalue weighted by atomic mass is 16.5. The molecule has 0 atom stereocenters. The molecule has 0 aromatic rings. The van der Waals surface area contributed by atoms with Gasteiger partial charge in [-0.2, -0.15) is 0 Å². The van der Waals surface area contributed by atoms with Crippen LogP contribution in [-0.2, 0) is 14.3 Å². The normalized spacial score (nSPS) is 9.18. The predicted molar refractivity (Wildman–Crippen MR) is 71.0 cm³/mol. The Balaban J connectivity index is 0. The minimum Gasteiger partial charge on any atom is -0.466 e. The van der Waals surface area contributed by atoms with Crippen molar-refractivity contribution in [1.29, 1.82) is 0 Å². The summed E-state index contributed by atoms with van der Waals surface area (Å²) in [5, 5.41) is 0. The molecule has 0 aromatic heterocycles. The first kappa shape index (κ1) is 18.5. The van der Waals surface area contributed by atoms with Crippen LogP contribution in [0.4, 0.5) is 0 Å². The molecule has 0 aromatic carbocycles. The number of rotatable bonds is 8. The van der Waals surface area contributed by atoms with E-state index in [1.54, 1.807) is 0 Å². The summed E-state index contributed by atoms with van der Waals surface area (Å²) in [6.07, 6.45) is 6.42. The fraction of sp³-hybridized carbons (Fsp3) is 0.857. The van der Waals surface area contributed by atoms with Gasteiger partial charge in [-0.15, -0.1) is 0 Å². The highest BCUT2D eigenvalue weighted by Gasteiger charge is 1.95. The molecule has 0 amide bonds. The van der Waals surface area contributed by atoms with Crippen molar-refractivity contribution in [1.82, 2.24) is 0 Å². The van der Waals surface area contributed by atoms with Gasteiger partial charge in [-0.05, 0) is 19.8 Å². The molecule has 0 radical (unpaired) electrons. The van der Waals surface area contributed by atoms with E-state index in [0.29, 0.717) is 25.2 Å². The smallest absolute Gasteiger partial charge is 0.305 e. The summed E-state index contributed by atoms with van der Waals surface area (Å²) in [4.78, 5) is 21.1. The molecule has 0 fully saturated rings. The Morgan fingerprint density at radius 3 is 1.94 bits per heavy atom. The predicted octanol–water partition coefficient (Wildman–Crippen LogP) is 3.90. The minimum atomic E-state index is -0.0880. The van der Waals surface area contributed by atoms with Gasteiger partial charge >= 0.3 is 5.97 Å². The monoisotopic (exact) mass is 244 g/mol. The molecule has 3 heteroatoms. The van der Waals surface area contributed by atoms with Crippen LogP contribution in [0, 0.1) is 0 Å². The number of unbranched alkanes of at least 4 members (excludes halogenated alkanes) is 2. The van der Waals surface area contributed by atoms with Gasteiger partial charge < -0.3 is 4.74 Å². The molecule has 0 aliphatic heterocycles. The Kier molecular flexibility index (Phi) is 16.5. The van der Waals surface area contributed by atoms with Gasteiger partial charge in [0, 0.05) is 19.3 Å². The highest BCUT2D eigenvalue weighted by Crippen LogP contribution is 2.00. The molecular formula is C14H28O3. The van der Waals surface area contributed by atoms with Crippen LogP contribution in [-0.4, -0.2) is 18.4 Å². The third-order valence-corrected chi connectivity index (χ3v) is 2.21. The molecule has 0 N–H and O–H groups in total. The van der Waals surface area contributed by atoms with E-state index in [9.17, 15) is 9.59 Å². The first-order valence-electron chi connectivity index (χ1n) is 6.79. The Hall–Kier alpha value is -0.860. The molecule has 0 rings (SSSR count). The van der Waals surface area contributed by atoms with E-state index in [1.165, 1.54) is 12.8 Å². The number of ketones is 1. The molecule has 102 valence electrons. The van der Waals surface area contributed by atoms with Crippen LogP contribution < -0.4 is 0 Å². The van der Waals surface area contributed by atoms with Crippen LogP contribution in [0.3, 0.4) is 0 Å². The maximum Gasteiger partial charge on any atom is 0.305 e. The number of hydrogen-bond donors (Lipinski definition) is 0. The van der Waals surface area contributed by atoms with Crippen molar-refractivity contribution in [2.45, 2.75) is 72.6 Å². The summed E-state index contributed by atoms with van der Waals surface area (Å²) < 4.78 is 4.64. The average molecular weight is 244 g/mol. The molecule has 0 aliphatic rings. The zero-order valence-corrected chi connectivity index (χ0v) is 11.9. The largest absolute Gasteiger partial charge is 0.466 e. The summed E-state index contributed by atoms with van der Waals surface area (Å²) >= 11 is 0. The number of Topliss-reactive ketones (excluding diaryl/α,β-unsaturated/α-hetero) is 1. The van der Waals surface area contributed by atoms with Gasteiger partial charge in [0.15, 0.2) is 0 Å². The lowest BCUT2D eigenvalue weighted by Gasteiger charge is -1.96. The SMILES string of the molecule is CCCC(=O)OCC.CCCCCC(=O)CC. The average Bonchev–Trinajstić information content (AvgIpc) is 2.30. The van der Waals surface area contributed by atoms with Gasteiger partial charge in [0.25, 0.3) is 0 Å². The summed E-state index contributed by atoms with van der Waals surface area (Å²) in [5.74, 6) is 0.318. The van der Waals surface area contributed by atoms with Crippen molar-refractivity contribution in [2.24, 2.45) is 0 Å². The van der Waals surface area contributed by atoms with E-state index in [-0.39, 0.29) is 5.97 Å². The Morgan fingerprint density at radius 2 is 1.53 bits per heavy atom. The molecule has 0 heterocycles. The van der Waals surface area contributed by atoms with E-state index in [0.717, 1.165) is 19.3 Å². The summed E-state index contributed by atoms with van der Waals surface area (Å²) in [6, 6.07) is 0. The van der Waals surface area contributed by atoms with Crippen LogP contribution in [0.15, 0.2) is 0 Å². The second kappa shape index (κ2) is 15.1. The Bertz CT molecular complexity index is 180. The Morgan fingerprint density at radius 1 is 0.882 bits per heavy atom. The molecule has 0 bridgehead atoms. The maximum atomic E-state index is 10.7. The zero-order chi connectivity index (χ0) is 13.5. The minimum absolute atomic E-state index is 0.0880. The van der Waals surface area contributed by atoms with Crippen LogP contribution in [0.25, 0.3) is 0 Å². The van der Waals surface area contributed by atoms with Crippen LogP contribution in [0.5, 0.6) is 0 Å². The van der Waals surface area contributed by atoms with E-state index in [2.05, 4.69) is 11.7 Å². The highest BCUT2D eigenvalue weighted by molar-refractivity contribution is 5.77. The van der Waals surface area contributed by atoms with Gasteiger partial charge in [-0.3, -0.25) is 9.59 Å². The molecule has 0 saturated heterocycles. The van der Waals surface area contributed by atoms with Crippen LogP contribution in [0.1, 0.15) is 72.6 Å². The molecule has 0 saturated carbocycles. The number of hydrogen-bond acceptors (Lipinski definition) is 3. The quantitative estimate of drug-likeness (QED) is 0.480. The van der Waals surface area contributed by atoms with Gasteiger partial charge in [0.2, 0.25) is 0 Å². The number of carbonyl (C=O) groups excluding carboxylic acids is 2. The molecule has 0 aliphatic carbocycles. The fourth-order valence-electron chi connectivity index (χ4n) is 1.19. The summed E-state index contributed by atoms with van der Waals surface area (Å²) in [5.41, 5.74) is 0. The van der Waals surface area contributed by atoms with E-state index in [1.807, 2.05) is 20.8 Å². The van der Waals surface area contributed by atoms with Crippen molar-refractivity contribution >= 4 is 11.8 Å². The van der Waals surface area contributed by atoms with Gasteiger partial charge in [-0.25, -0.2) is 0 Å². The van der Waals surface area contributed by atoms with Gasteiger partial charge in [0.05, 0.1) is 6.61 Å². The van der Waals surface area contributed by atoms with Crippen molar-refractivity contribution in [3.63, 3.8) is 0 Å². The summed E-state index contributed by atoms with van der Waals surface area (Å²) in [6.45, 7) is 8.34. The van der Waals surface area contributed by atoms with Crippen LogP contribution >= 0.6 is 0 Å². The fourth-order valence-corrected chi connectivity index (χ4v) is 1.19. The molecular weight excluding hydrogens is 216 g/mol. The summed E-state index contributed by atoms with van der Waals surface area (Å²) in [7, 11) is 0. The first-order valence-corrected chi connectivity index (χ1v) is 6.79. The van der Waals surface area contributed by atoms with Gasteiger partial charge in [0.1, 0.15) is 5.78 Å². The number of esters is 1. The lowest BCUT2D eigenvalue weighted by atomic mass is 10.1. The van der Waals surface area contributed by atoms with Crippen molar-refractivity contribution < 1.29 is 14.3 Å². The standard InChI is InChI=1S/C8H16O.C6H12O2/c1-3-5-6-7-8(9)4-2;1-3-5-6(7)8-4-2/h3-7H2,1-2H3;3-5H2,1-2H3. The van der Waals surface area contributed by atoms with Crippen LogP contribution in [0.2, 0.25) is 0 Å². The Labute approximate surface area is 106 Å². The van der Waals surface area contributed by atoms with E-state index < -0.39 is 0 Å². The van der Waals surface area contributed by atoms with E-state index in [4.69, 9.17) is 0 Å². The van der Waals surface area contributed by atoms with Crippen molar-refractivity contribution in [3.8, 4) is 0 Å².